The van der Waals surface area contributed by atoms with Crippen molar-refractivity contribution in [2.24, 2.45) is 5.16 Å². The summed E-state index contributed by atoms with van der Waals surface area (Å²) in [4.78, 5) is 9.10. The van der Waals surface area contributed by atoms with E-state index in [4.69, 9.17) is 10.1 Å². The second-order valence-electron chi connectivity index (χ2n) is 4.44. The summed E-state index contributed by atoms with van der Waals surface area (Å²) in [6, 6.07) is 5.42. The van der Waals surface area contributed by atoms with E-state index in [-0.39, 0.29) is 0 Å². The average molecular weight is 391 g/mol. The van der Waals surface area contributed by atoms with Crippen molar-refractivity contribution < 1.29 is 34.6 Å². The molecule has 0 unspecified atom stereocenters. The molecule has 0 fully saturated rings. The van der Waals surface area contributed by atoms with Crippen LogP contribution in [0, 0.1) is 11.3 Å². The molecule has 13 heteroatoms. The molecule has 1 rings (SSSR count). The Kier molecular flexibility index (Phi) is 7.33. The fourth-order valence-corrected chi connectivity index (χ4v) is 1.11. The van der Waals surface area contributed by atoms with E-state index in [1.165, 1.54) is 6.21 Å². The molecule has 0 spiro atoms. The van der Waals surface area contributed by atoms with E-state index in [1.54, 1.807) is 24.7 Å². The Bertz CT molecular complexity index is 657. The summed E-state index contributed by atoms with van der Waals surface area (Å²) in [5.74, 6) is 0. The molecule has 0 saturated carbocycles. The van der Waals surface area contributed by atoms with Crippen molar-refractivity contribution in [1.82, 2.24) is 10.3 Å². The number of halogens is 6. The molecule has 1 heterocycles. The maximum atomic E-state index is 9.87. The molecule has 0 amide bonds. The number of hydrogen-bond donors (Lipinski definition) is 1. The van der Waals surface area contributed by atoms with Gasteiger partial charge in [0.25, 0.3) is 6.73 Å². The predicted octanol–water partition coefficient (Wildman–Crippen LogP) is 3.92. The summed E-state index contributed by atoms with van der Waals surface area (Å²) in [5.41, 5.74) is 0.968. The molecular formula is C12H16F6N5OP. The monoisotopic (exact) mass is 391 g/mol. The van der Waals surface area contributed by atoms with Crippen LogP contribution >= 0.6 is 7.81 Å². The zero-order valence-corrected chi connectivity index (χ0v) is 14.1. The zero-order chi connectivity index (χ0) is 19.6. The molecule has 0 aromatic carbocycles. The van der Waals surface area contributed by atoms with Crippen molar-refractivity contribution >= 4 is 20.4 Å². The van der Waals surface area contributed by atoms with E-state index >= 15 is 0 Å². The zero-order valence-electron chi connectivity index (χ0n) is 13.2. The maximum absolute atomic E-state index is 10.7. The Morgan fingerprint density at radius 1 is 1.36 bits per heavy atom. The summed E-state index contributed by atoms with van der Waals surface area (Å²) in [6.07, 6.45) is 4.84. The Morgan fingerprint density at radius 2 is 1.96 bits per heavy atom. The van der Waals surface area contributed by atoms with Crippen LogP contribution in [0.1, 0.15) is 18.2 Å². The van der Waals surface area contributed by atoms with Crippen LogP contribution in [0.4, 0.5) is 25.2 Å². The molecular weight excluding hydrogens is 375 g/mol. The summed E-state index contributed by atoms with van der Waals surface area (Å²) in [5, 5.41) is 15.7. The second kappa shape index (κ2) is 8.11. The van der Waals surface area contributed by atoms with E-state index in [0.29, 0.717) is 18.0 Å². The first-order valence-electron chi connectivity index (χ1n) is 6.56. The quantitative estimate of drug-likeness (QED) is 0.152. The van der Waals surface area contributed by atoms with Crippen molar-refractivity contribution in [3.8, 4) is 6.07 Å². The van der Waals surface area contributed by atoms with Crippen LogP contribution < -0.4 is 5.32 Å². The third kappa shape index (κ3) is 17.8. The molecule has 0 aliphatic carbocycles. The number of nitrogens with one attached hydrogen (secondary N) is 1. The topological polar surface area (TPSA) is 73.3 Å². The van der Waals surface area contributed by atoms with Gasteiger partial charge in [0, 0.05) is 6.20 Å². The summed E-state index contributed by atoms with van der Waals surface area (Å²) >= 11 is 0. The molecule has 1 aromatic rings. The fraction of sp³-hybridized carbons (Fsp3) is 0.333. The molecule has 0 atom stereocenters. The van der Waals surface area contributed by atoms with Crippen LogP contribution in [0.5, 0.6) is 0 Å². The van der Waals surface area contributed by atoms with E-state index < -0.39 is 7.81 Å². The third-order valence-corrected chi connectivity index (χ3v) is 1.99. The Morgan fingerprint density at radius 3 is 2.48 bits per heavy atom. The van der Waals surface area contributed by atoms with Gasteiger partial charge in [0.1, 0.15) is 11.8 Å². The first kappa shape index (κ1) is 22.6. The first-order valence-corrected chi connectivity index (χ1v) is 8.59. The van der Waals surface area contributed by atoms with Gasteiger partial charge in [-0.3, -0.25) is 10.3 Å². The van der Waals surface area contributed by atoms with Crippen molar-refractivity contribution in [2.75, 3.05) is 20.3 Å². The van der Waals surface area contributed by atoms with Gasteiger partial charge in [-0.1, -0.05) is 5.16 Å². The van der Waals surface area contributed by atoms with Crippen LogP contribution in [0.25, 0.3) is 0 Å². The number of pyridine rings is 1. The van der Waals surface area contributed by atoms with Gasteiger partial charge < -0.3 is 4.84 Å². The van der Waals surface area contributed by atoms with E-state index in [0.717, 1.165) is 6.54 Å². The Labute approximate surface area is 139 Å². The molecule has 0 aliphatic heterocycles. The third-order valence-electron chi connectivity index (χ3n) is 1.99. The molecule has 0 saturated heterocycles. The van der Waals surface area contributed by atoms with Crippen molar-refractivity contribution in [1.29, 1.82) is 5.26 Å². The number of hydrogen-bond acceptors (Lipinski definition) is 4. The average Bonchev–Trinajstić information content (AvgIpc) is 2.46. The number of oxime groups is 1. The van der Waals surface area contributed by atoms with Crippen LogP contribution in [-0.4, -0.2) is 42.4 Å². The normalized spacial score (nSPS) is 14.6. The molecule has 1 N–H and O–H groups in total. The minimum atomic E-state index is -10.7. The molecule has 1 aromatic heterocycles. The van der Waals surface area contributed by atoms with Gasteiger partial charge in [-0.25, -0.2) is 4.58 Å². The van der Waals surface area contributed by atoms with Crippen molar-refractivity contribution in [3.05, 3.63) is 29.6 Å². The number of nitriles is 1. The molecule has 0 radical (unpaired) electrons. The Hall–Kier alpha value is -2.41. The first-order chi connectivity index (χ1) is 11.2. The number of nitrogens with zero attached hydrogens (tertiary/aromatic N) is 4. The summed E-state index contributed by atoms with van der Waals surface area (Å²) < 4.78 is 61.0. The van der Waals surface area contributed by atoms with E-state index in [1.807, 2.05) is 24.6 Å². The van der Waals surface area contributed by atoms with Crippen LogP contribution in [0.15, 0.2) is 23.5 Å². The molecule has 0 bridgehead atoms. The van der Waals surface area contributed by atoms with Crippen LogP contribution in [0.2, 0.25) is 0 Å². The number of aromatic nitrogens is 1. The summed E-state index contributed by atoms with van der Waals surface area (Å²) in [6.45, 7) is 3.18. The standard InChI is InChI=1S/C12H15N5O.F6P/c1-3-14-9-17(2)10-18-16-8-12-11(7-13)5-4-6-15-12;1-7(2,3,4,5)6/h4-6,8-9H,3,10H2,1-2H3;/q;-1/p+1/b16-8+;. The molecule has 25 heavy (non-hydrogen) atoms. The van der Waals surface area contributed by atoms with Gasteiger partial charge in [-0.05, 0) is 19.1 Å². The van der Waals surface area contributed by atoms with Crippen LogP contribution in [0.3, 0.4) is 0 Å². The van der Waals surface area contributed by atoms with Gasteiger partial charge in [-0.2, -0.15) is 5.26 Å². The molecule has 142 valence electrons. The van der Waals surface area contributed by atoms with E-state index in [9.17, 15) is 25.2 Å². The van der Waals surface area contributed by atoms with Crippen molar-refractivity contribution in [3.63, 3.8) is 0 Å². The van der Waals surface area contributed by atoms with Gasteiger partial charge in [-0.15, -0.1) is 0 Å². The minimum absolute atomic E-state index is 0.318. The SMILES string of the molecule is CCN/C=[N+](\C)CO/N=C/c1ncccc1C#N.F[P-](F)(F)(F)(F)F. The number of rotatable bonds is 6. The second-order valence-corrected chi connectivity index (χ2v) is 6.36. The summed E-state index contributed by atoms with van der Waals surface area (Å²) in [7, 11) is -8.80. The van der Waals surface area contributed by atoms with Gasteiger partial charge >= 0.3 is 33.0 Å². The molecule has 6 nitrogen and oxygen atoms in total. The van der Waals surface area contributed by atoms with Crippen LogP contribution in [-0.2, 0) is 4.84 Å². The van der Waals surface area contributed by atoms with Gasteiger partial charge in [0.15, 0.2) is 0 Å². The predicted molar refractivity (Wildman–Crippen MR) is 82.0 cm³/mol. The van der Waals surface area contributed by atoms with Gasteiger partial charge in [0.2, 0.25) is 6.34 Å². The van der Waals surface area contributed by atoms with E-state index in [2.05, 4.69) is 15.5 Å². The molecule has 0 aliphatic rings. The Balaban J connectivity index is 0.000000697. The van der Waals surface area contributed by atoms with Crippen molar-refractivity contribution in [2.45, 2.75) is 6.92 Å². The fourth-order valence-electron chi connectivity index (χ4n) is 1.11. The van der Waals surface area contributed by atoms with Gasteiger partial charge in [0.05, 0.1) is 25.4 Å².